The van der Waals surface area contributed by atoms with Crippen LogP contribution in [0.25, 0.3) is 11.3 Å². The molecule has 12 heteroatoms. The van der Waals surface area contributed by atoms with Gasteiger partial charge in [0.1, 0.15) is 0 Å². The van der Waals surface area contributed by atoms with Gasteiger partial charge in [0.05, 0.1) is 36.3 Å². The number of alkyl halides is 5. The molecule has 1 aromatic heterocycles. The van der Waals surface area contributed by atoms with Gasteiger partial charge in [-0.15, -0.1) is 0 Å². The minimum atomic E-state index is -4.62. The van der Waals surface area contributed by atoms with Crippen LogP contribution >= 0.6 is 0 Å². The highest BCUT2D eigenvalue weighted by molar-refractivity contribution is 5.94. The van der Waals surface area contributed by atoms with Crippen LogP contribution in [0, 0.1) is 0 Å². The predicted molar refractivity (Wildman–Crippen MR) is 120 cm³/mol. The fraction of sp³-hybridized carbons (Fsp3) is 0.542. The zero-order valence-corrected chi connectivity index (χ0v) is 19.4. The first-order valence-corrected chi connectivity index (χ1v) is 11.8. The quantitative estimate of drug-likeness (QED) is 0.503. The van der Waals surface area contributed by atoms with Crippen molar-refractivity contribution in [1.29, 1.82) is 0 Å². The number of halogens is 5. The molecule has 1 atom stereocenters. The van der Waals surface area contributed by atoms with Gasteiger partial charge in [-0.2, -0.15) is 18.3 Å². The summed E-state index contributed by atoms with van der Waals surface area (Å²) in [5.41, 5.74) is -0.968. The third-order valence-corrected chi connectivity index (χ3v) is 6.63. The number of carbonyl (C=O) groups excluding carboxylic acids is 1. The standard InChI is InChI=1S/C24H27F5N4O3/c25-23(26)9-10-32(14-23)13-15(11-21(34)35)30-22(36)19-12-20(33(31-19)16-5-1-2-6-16)17-7-3-4-8-18(17)24(27,28)29/h3-4,7-8,12,15-16H,1-2,5-6,9-11,13-14H2,(H,30,36)(H,34,35)/t15-/m1/s1. The number of nitrogens with one attached hydrogen (secondary N) is 1. The highest BCUT2D eigenvalue weighted by Gasteiger charge is 2.39. The van der Waals surface area contributed by atoms with Crippen LogP contribution in [-0.2, 0) is 11.0 Å². The number of rotatable bonds is 8. The molecular formula is C24H27F5N4O3. The van der Waals surface area contributed by atoms with E-state index in [0.29, 0.717) is 12.8 Å². The highest BCUT2D eigenvalue weighted by atomic mass is 19.4. The van der Waals surface area contributed by atoms with Crippen molar-refractivity contribution in [3.8, 4) is 11.3 Å². The molecule has 4 rings (SSSR count). The zero-order valence-electron chi connectivity index (χ0n) is 19.4. The van der Waals surface area contributed by atoms with Crippen molar-refractivity contribution < 1.29 is 36.6 Å². The topological polar surface area (TPSA) is 87.5 Å². The molecule has 1 saturated carbocycles. The summed E-state index contributed by atoms with van der Waals surface area (Å²) < 4.78 is 69.8. The predicted octanol–water partition coefficient (Wildman–Crippen LogP) is 4.60. The van der Waals surface area contributed by atoms with E-state index < -0.39 is 48.5 Å². The summed E-state index contributed by atoms with van der Waals surface area (Å²) in [5.74, 6) is -4.87. The summed E-state index contributed by atoms with van der Waals surface area (Å²) in [6.45, 7) is -0.567. The molecule has 0 unspecified atom stereocenters. The second-order valence-corrected chi connectivity index (χ2v) is 9.45. The lowest BCUT2D eigenvalue weighted by atomic mass is 10.0. The van der Waals surface area contributed by atoms with Gasteiger partial charge < -0.3 is 10.4 Å². The number of hydrogen-bond acceptors (Lipinski definition) is 4. The van der Waals surface area contributed by atoms with Crippen LogP contribution in [0.4, 0.5) is 22.0 Å². The first-order chi connectivity index (χ1) is 16.9. The van der Waals surface area contributed by atoms with Crippen LogP contribution in [-0.4, -0.2) is 63.3 Å². The molecule has 2 fully saturated rings. The van der Waals surface area contributed by atoms with Crippen molar-refractivity contribution in [3.63, 3.8) is 0 Å². The van der Waals surface area contributed by atoms with E-state index in [0.717, 1.165) is 18.9 Å². The molecule has 0 radical (unpaired) electrons. The third kappa shape index (κ3) is 6.03. The Labute approximate surface area is 204 Å². The fourth-order valence-corrected chi connectivity index (χ4v) is 4.99. The lowest BCUT2D eigenvalue weighted by Crippen LogP contribution is -2.45. The molecule has 1 amide bonds. The Morgan fingerprint density at radius 2 is 1.89 bits per heavy atom. The van der Waals surface area contributed by atoms with E-state index >= 15 is 0 Å². The largest absolute Gasteiger partial charge is 0.481 e. The van der Waals surface area contributed by atoms with E-state index in [4.69, 9.17) is 0 Å². The first kappa shape index (κ1) is 26.1. The van der Waals surface area contributed by atoms with Gasteiger partial charge in [0.15, 0.2) is 5.69 Å². The molecule has 0 spiro atoms. The molecule has 196 valence electrons. The average Bonchev–Trinajstić information content (AvgIpc) is 3.52. The van der Waals surface area contributed by atoms with Gasteiger partial charge in [0.2, 0.25) is 0 Å². The molecule has 1 aliphatic carbocycles. The summed E-state index contributed by atoms with van der Waals surface area (Å²) >= 11 is 0. The van der Waals surface area contributed by atoms with E-state index in [1.807, 2.05) is 0 Å². The maximum Gasteiger partial charge on any atom is 0.417 e. The van der Waals surface area contributed by atoms with Crippen LogP contribution in [0.2, 0.25) is 0 Å². The first-order valence-electron chi connectivity index (χ1n) is 11.8. The van der Waals surface area contributed by atoms with Crippen molar-refractivity contribution in [1.82, 2.24) is 20.0 Å². The Balaban J connectivity index is 1.62. The van der Waals surface area contributed by atoms with E-state index in [1.165, 1.54) is 33.8 Å². The number of likely N-dealkylation sites (tertiary alicyclic amines) is 1. The number of carbonyl (C=O) groups is 2. The summed E-state index contributed by atoms with van der Waals surface area (Å²) in [6, 6.07) is 5.18. The zero-order chi connectivity index (χ0) is 26.1. The molecular weight excluding hydrogens is 487 g/mol. The summed E-state index contributed by atoms with van der Waals surface area (Å²) in [7, 11) is 0. The Morgan fingerprint density at radius 3 is 2.50 bits per heavy atom. The Hall–Kier alpha value is -3.02. The highest BCUT2D eigenvalue weighted by Crippen LogP contribution is 2.40. The SMILES string of the molecule is O=C(O)C[C@H](CN1CCC(F)(F)C1)NC(=O)c1cc(-c2ccccc2C(F)(F)F)n(C2CCCC2)n1. The van der Waals surface area contributed by atoms with E-state index in [9.17, 15) is 36.6 Å². The van der Waals surface area contributed by atoms with Gasteiger partial charge in [0, 0.05) is 25.1 Å². The van der Waals surface area contributed by atoms with Crippen LogP contribution in [0.1, 0.15) is 60.6 Å². The van der Waals surface area contributed by atoms with Gasteiger partial charge >= 0.3 is 12.1 Å². The van der Waals surface area contributed by atoms with Crippen molar-refractivity contribution >= 4 is 11.9 Å². The summed E-state index contributed by atoms with van der Waals surface area (Å²) in [5, 5.41) is 16.1. The molecule has 7 nitrogen and oxygen atoms in total. The van der Waals surface area contributed by atoms with E-state index in [1.54, 1.807) is 0 Å². The number of hydrogen-bond donors (Lipinski definition) is 2. The number of aliphatic carboxylic acids is 1. The Morgan fingerprint density at radius 1 is 1.19 bits per heavy atom. The molecule has 1 saturated heterocycles. The maximum atomic E-state index is 13.7. The molecule has 2 heterocycles. The monoisotopic (exact) mass is 514 g/mol. The van der Waals surface area contributed by atoms with Gasteiger partial charge in [-0.05, 0) is 25.0 Å². The van der Waals surface area contributed by atoms with Crippen molar-refractivity contribution in [3.05, 3.63) is 41.6 Å². The van der Waals surface area contributed by atoms with Crippen LogP contribution in [0.15, 0.2) is 30.3 Å². The third-order valence-electron chi connectivity index (χ3n) is 6.63. The second-order valence-electron chi connectivity index (χ2n) is 9.45. The normalized spacial score (nSPS) is 19.5. The van der Waals surface area contributed by atoms with E-state index in [2.05, 4.69) is 10.4 Å². The van der Waals surface area contributed by atoms with Gasteiger partial charge in [-0.25, -0.2) is 8.78 Å². The van der Waals surface area contributed by atoms with Crippen LogP contribution < -0.4 is 5.32 Å². The molecule has 1 aliphatic heterocycles. The molecule has 2 N–H and O–H groups in total. The Kier molecular flexibility index (Phi) is 7.35. The van der Waals surface area contributed by atoms with Crippen molar-refractivity contribution in [2.45, 2.75) is 62.7 Å². The van der Waals surface area contributed by atoms with Crippen molar-refractivity contribution in [2.24, 2.45) is 0 Å². The number of aromatic nitrogens is 2. The van der Waals surface area contributed by atoms with Gasteiger partial charge in [-0.1, -0.05) is 31.0 Å². The second kappa shape index (κ2) is 10.2. The summed E-state index contributed by atoms with van der Waals surface area (Å²) in [6.07, 6.45) is -2.30. The van der Waals surface area contributed by atoms with Gasteiger partial charge in [-0.3, -0.25) is 19.2 Å². The maximum absolute atomic E-state index is 13.7. The number of benzene rings is 1. The minimum Gasteiger partial charge on any atom is -0.481 e. The number of carboxylic acids is 1. The minimum absolute atomic E-state index is 0.0632. The fourth-order valence-electron chi connectivity index (χ4n) is 4.99. The smallest absolute Gasteiger partial charge is 0.417 e. The molecule has 0 bridgehead atoms. The summed E-state index contributed by atoms with van der Waals surface area (Å²) in [4.78, 5) is 25.8. The molecule has 36 heavy (non-hydrogen) atoms. The lowest BCUT2D eigenvalue weighted by Gasteiger charge is -2.23. The average molecular weight is 514 g/mol. The van der Waals surface area contributed by atoms with Crippen LogP contribution in [0.5, 0.6) is 0 Å². The molecule has 2 aliphatic rings. The molecule has 2 aromatic rings. The van der Waals surface area contributed by atoms with Crippen LogP contribution in [0.3, 0.4) is 0 Å². The number of nitrogens with zero attached hydrogens (tertiary/aromatic N) is 3. The van der Waals surface area contributed by atoms with Gasteiger partial charge in [0.25, 0.3) is 11.8 Å². The lowest BCUT2D eigenvalue weighted by molar-refractivity contribution is -0.138. The number of carboxylic acid groups (broad SMARTS) is 1. The van der Waals surface area contributed by atoms with E-state index in [-0.39, 0.29) is 42.5 Å². The van der Waals surface area contributed by atoms with Crippen molar-refractivity contribution in [2.75, 3.05) is 19.6 Å². The Bertz CT molecular complexity index is 1110. The molecule has 1 aromatic carbocycles. The number of amides is 1.